The fraction of sp³-hybridized carbons (Fsp3) is 0. The molecule has 3 N–H and O–H groups in total. The van der Waals surface area contributed by atoms with E-state index in [1.165, 1.54) is 6.07 Å². The smallest absolute Gasteiger partial charge is 0.293 e. The highest BCUT2D eigenvalue weighted by atomic mass is 35.5. The lowest BCUT2D eigenvalue weighted by atomic mass is 10.2. The summed E-state index contributed by atoms with van der Waals surface area (Å²) < 4.78 is 5.57. The van der Waals surface area contributed by atoms with Crippen LogP contribution in [-0.2, 0) is 0 Å². The van der Waals surface area contributed by atoms with Gasteiger partial charge in [0.2, 0.25) is 0 Å². The summed E-state index contributed by atoms with van der Waals surface area (Å²) in [6, 6.07) is 17.5. The summed E-state index contributed by atoms with van der Waals surface area (Å²) in [7, 11) is 0. The number of amides is 1. The molecule has 0 aliphatic carbocycles. The van der Waals surface area contributed by atoms with Crippen molar-refractivity contribution in [2.75, 3.05) is 5.43 Å². The molecule has 0 bridgehead atoms. The number of thiocarbonyl (C=S) groups is 1. The minimum absolute atomic E-state index is 0.0971. The van der Waals surface area contributed by atoms with Gasteiger partial charge in [0.1, 0.15) is 5.76 Å². The molecule has 0 unspecified atom stereocenters. The average Bonchev–Trinajstić information content (AvgIpc) is 3.13. The van der Waals surface area contributed by atoms with E-state index in [4.69, 9.17) is 39.8 Å². The zero-order chi connectivity index (χ0) is 18.5. The van der Waals surface area contributed by atoms with E-state index < -0.39 is 5.91 Å². The number of rotatable bonds is 4. The first-order chi connectivity index (χ1) is 12.5. The molecule has 1 amide bonds. The lowest BCUT2D eigenvalue weighted by Crippen LogP contribution is -2.41. The molecule has 0 aliphatic rings. The number of nitrogens with one attached hydrogen (secondary N) is 3. The molecule has 0 atom stereocenters. The zero-order valence-electron chi connectivity index (χ0n) is 13.3. The molecule has 0 aliphatic heterocycles. The van der Waals surface area contributed by atoms with Crippen LogP contribution in [-0.4, -0.2) is 11.0 Å². The quantitative estimate of drug-likeness (QED) is 0.426. The minimum atomic E-state index is -0.484. The fourth-order valence-corrected chi connectivity index (χ4v) is 2.66. The predicted molar refractivity (Wildman–Crippen MR) is 107 cm³/mol. The molecule has 0 fully saturated rings. The molecule has 0 saturated heterocycles. The van der Waals surface area contributed by atoms with Crippen LogP contribution in [0, 0.1) is 0 Å². The van der Waals surface area contributed by atoms with Gasteiger partial charge in [0.05, 0.1) is 10.7 Å². The summed E-state index contributed by atoms with van der Waals surface area (Å²) in [5.74, 6) is 0.0469. The number of anilines is 1. The van der Waals surface area contributed by atoms with Crippen LogP contribution in [0.25, 0.3) is 11.3 Å². The predicted octanol–water partition coefficient (Wildman–Crippen LogP) is 4.88. The van der Waals surface area contributed by atoms with Crippen LogP contribution in [0.2, 0.25) is 10.0 Å². The minimum Gasteiger partial charge on any atom is -0.451 e. The third-order valence-electron chi connectivity index (χ3n) is 3.34. The second-order valence-electron chi connectivity index (χ2n) is 5.19. The van der Waals surface area contributed by atoms with Gasteiger partial charge < -0.3 is 4.42 Å². The van der Waals surface area contributed by atoms with Crippen molar-refractivity contribution in [2.45, 2.75) is 0 Å². The molecule has 3 aromatic rings. The van der Waals surface area contributed by atoms with Crippen molar-refractivity contribution in [1.82, 2.24) is 10.7 Å². The van der Waals surface area contributed by atoms with Crippen LogP contribution in [0.5, 0.6) is 0 Å². The molecule has 1 aromatic heterocycles. The highest BCUT2D eigenvalue weighted by molar-refractivity contribution is 7.80. The van der Waals surface area contributed by atoms with Crippen LogP contribution in [0.4, 0.5) is 5.69 Å². The van der Waals surface area contributed by atoms with Gasteiger partial charge in [-0.2, -0.15) is 0 Å². The molecule has 0 spiro atoms. The molecular weight excluding hydrogens is 393 g/mol. The number of furan rings is 1. The lowest BCUT2D eigenvalue weighted by Gasteiger charge is -2.10. The fourth-order valence-electron chi connectivity index (χ4n) is 2.14. The number of para-hydroxylation sites is 1. The highest BCUT2D eigenvalue weighted by Crippen LogP contribution is 2.31. The number of hydrogen-bond acceptors (Lipinski definition) is 4. The summed E-state index contributed by atoms with van der Waals surface area (Å²) in [6.45, 7) is 0. The van der Waals surface area contributed by atoms with Gasteiger partial charge in [-0.1, -0.05) is 41.4 Å². The van der Waals surface area contributed by atoms with Gasteiger partial charge in [-0.25, -0.2) is 0 Å². The number of benzene rings is 2. The second-order valence-corrected chi connectivity index (χ2v) is 6.44. The summed E-state index contributed by atoms with van der Waals surface area (Å²) in [5.41, 5.74) is 7.01. The van der Waals surface area contributed by atoms with Crippen molar-refractivity contribution in [3.05, 3.63) is 76.5 Å². The molecular formula is C18H13Cl2N3O2S. The zero-order valence-corrected chi connectivity index (χ0v) is 15.6. The standard InChI is InChI=1S/C18H13Cl2N3O2S/c19-11-6-7-14(20)13(10-11)15-8-9-16(25-15)17(24)21-18(26)23-22-12-4-2-1-3-5-12/h1-10,22H,(H2,21,23,24,26). The summed E-state index contributed by atoms with van der Waals surface area (Å²) in [4.78, 5) is 12.2. The molecule has 2 aromatic carbocycles. The van der Waals surface area contributed by atoms with Crippen LogP contribution in [0.15, 0.2) is 65.1 Å². The molecule has 0 saturated carbocycles. The van der Waals surface area contributed by atoms with E-state index in [1.807, 2.05) is 30.3 Å². The van der Waals surface area contributed by atoms with Crippen molar-refractivity contribution in [3.63, 3.8) is 0 Å². The Hall–Kier alpha value is -2.54. The van der Waals surface area contributed by atoms with E-state index in [1.54, 1.807) is 24.3 Å². The van der Waals surface area contributed by atoms with Crippen LogP contribution in [0.3, 0.4) is 0 Å². The Morgan fingerprint density at radius 1 is 1.00 bits per heavy atom. The van der Waals surface area contributed by atoms with Crippen molar-refractivity contribution < 1.29 is 9.21 Å². The monoisotopic (exact) mass is 405 g/mol. The first kappa shape index (κ1) is 18.3. The largest absolute Gasteiger partial charge is 0.451 e. The Bertz CT molecular complexity index is 945. The van der Waals surface area contributed by atoms with Crippen molar-refractivity contribution >= 4 is 52.1 Å². The van der Waals surface area contributed by atoms with E-state index in [0.29, 0.717) is 21.4 Å². The molecule has 5 nitrogen and oxygen atoms in total. The SMILES string of the molecule is O=C(NC(=S)NNc1ccccc1)c1ccc(-c2cc(Cl)ccc2Cl)o1. The van der Waals surface area contributed by atoms with Gasteiger partial charge in [-0.3, -0.25) is 21.0 Å². The van der Waals surface area contributed by atoms with Crippen LogP contribution < -0.4 is 16.2 Å². The lowest BCUT2D eigenvalue weighted by molar-refractivity contribution is 0.0950. The van der Waals surface area contributed by atoms with Gasteiger partial charge in [0, 0.05) is 10.6 Å². The average molecular weight is 406 g/mol. The second kappa shape index (κ2) is 8.23. The van der Waals surface area contributed by atoms with Crippen LogP contribution in [0.1, 0.15) is 10.6 Å². The van der Waals surface area contributed by atoms with Gasteiger partial charge in [-0.15, -0.1) is 0 Å². The van der Waals surface area contributed by atoms with Gasteiger partial charge in [0.25, 0.3) is 5.91 Å². The molecule has 0 radical (unpaired) electrons. The molecule has 26 heavy (non-hydrogen) atoms. The van der Waals surface area contributed by atoms with E-state index >= 15 is 0 Å². The van der Waals surface area contributed by atoms with Gasteiger partial charge in [0.15, 0.2) is 10.9 Å². The normalized spacial score (nSPS) is 10.2. The molecule has 3 rings (SSSR count). The summed E-state index contributed by atoms with van der Waals surface area (Å²) >= 11 is 17.2. The summed E-state index contributed by atoms with van der Waals surface area (Å²) in [5, 5.41) is 3.62. The molecule has 1 heterocycles. The maximum atomic E-state index is 12.2. The van der Waals surface area contributed by atoms with Crippen molar-refractivity contribution in [2.24, 2.45) is 0 Å². The number of carbonyl (C=O) groups excluding carboxylic acids is 1. The van der Waals surface area contributed by atoms with Crippen molar-refractivity contribution in [1.29, 1.82) is 0 Å². The third-order valence-corrected chi connectivity index (χ3v) is 4.11. The Morgan fingerprint density at radius 3 is 2.54 bits per heavy atom. The first-order valence-corrected chi connectivity index (χ1v) is 8.67. The first-order valence-electron chi connectivity index (χ1n) is 7.50. The maximum Gasteiger partial charge on any atom is 0.293 e. The van der Waals surface area contributed by atoms with E-state index in [2.05, 4.69) is 16.2 Å². The Labute approximate surface area is 165 Å². The molecule has 8 heteroatoms. The van der Waals surface area contributed by atoms with Crippen molar-refractivity contribution in [3.8, 4) is 11.3 Å². The van der Waals surface area contributed by atoms with Gasteiger partial charge >= 0.3 is 0 Å². The van der Waals surface area contributed by atoms with E-state index in [-0.39, 0.29) is 10.9 Å². The Morgan fingerprint density at radius 2 is 1.77 bits per heavy atom. The molecule has 132 valence electrons. The highest BCUT2D eigenvalue weighted by Gasteiger charge is 2.15. The topological polar surface area (TPSA) is 66.3 Å². The van der Waals surface area contributed by atoms with Gasteiger partial charge in [-0.05, 0) is 54.7 Å². The maximum absolute atomic E-state index is 12.2. The number of carbonyl (C=O) groups is 1. The number of hydrazine groups is 1. The summed E-state index contributed by atoms with van der Waals surface area (Å²) in [6.07, 6.45) is 0. The number of halogens is 2. The van der Waals surface area contributed by atoms with Crippen LogP contribution >= 0.6 is 35.4 Å². The third kappa shape index (κ3) is 4.54. The number of hydrogen-bond donors (Lipinski definition) is 3. The van der Waals surface area contributed by atoms with E-state index in [0.717, 1.165) is 5.69 Å². The Balaban J connectivity index is 1.63. The van der Waals surface area contributed by atoms with E-state index in [9.17, 15) is 4.79 Å². The Kier molecular flexibility index (Phi) is 5.78.